The molecule has 1 aliphatic rings. The summed E-state index contributed by atoms with van der Waals surface area (Å²) in [6.07, 6.45) is 0.867. The molecule has 5 nitrogen and oxygen atoms in total. The normalized spacial score (nSPS) is 17.2. The molecular weight excluding hydrogens is 172 g/mol. The summed E-state index contributed by atoms with van der Waals surface area (Å²) in [7, 11) is 0. The van der Waals surface area contributed by atoms with Gasteiger partial charge in [0, 0.05) is 13.1 Å². The van der Waals surface area contributed by atoms with E-state index in [9.17, 15) is 4.79 Å². The first kappa shape index (κ1) is 8.25. The van der Waals surface area contributed by atoms with Gasteiger partial charge in [-0.1, -0.05) is 0 Å². The molecule has 1 aromatic heterocycles. The molecule has 0 radical (unpaired) electrons. The standard InChI is InChI=1S/C8H10N2O3/c1-5-7(13-4-9-5)8(12)10-2-6(11)3-10/h4,6,11H,2-3H2,1H3. The van der Waals surface area contributed by atoms with Crippen molar-refractivity contribution in [3.05, 3.63) is 17.8 Å². The van der Waals surface area contributed by atoms with Gasteiger partial charge < -0.3 is 14.4 Å². The van der Waals surface area contributed by atoms with Crippen LogP contribution in [0, 0.1) is 6.92 Å². The largest absolute Gasteiger partial charge is 0.438 e. The summed E-state index contributed by atoms with van der Waals surface area (Å²) >= 11 is 0. The molecule has 0 aromatic carbocycles. The predicted molar refractivity (Wildman–Crippen MR) is 43.2 cm³/mol. The van der Waals surface area contributed by atoms with E-state index < -0.39 is 0 Å². The highest BCUT2D eigenvalue weighted by Crippen LogP contribution is 2.14. The number of aliphatic hydroxyl groups excluding tert-OH is 1. The first-order chi connectivity index (χ1) is 6.18. The summed E-state index contributed by atoms with van der Waals surface area (Å²) in [4.78, 5) is 16.9. The fourth-order valence-corrected chi connectivity index (χ4v) is 1.27. The maximum absolute atomic E-state index is 11.5. The van der Waals surface area contributed by atoms with Gasteiger partial charge in [-0.15, -0.1) is 0 Å². The van der Waals surface area contributed by atoms with Crippen LogP contribution >= 0.6 is 0 Å². The van der Waals surface area contributed by atoms with Crippen LogP contribution in [0.4, 0.5) is 0 Å². The molecule has 70 valence electrons. The lowest BCUT2D eigenvalue weighted by Gasteiger charge is -2.35. The van der Waals surface area contributed by atoms with E-state index >= 15 is 0 Å². The van der Waals surface area contributed by atoms with Crippen LogP contribution in [0.1, 0.15) is 16.2 Å². The lowest BCUT2D eigenvalue weighted by Crippen LogP contribution is -2.53. The second-order valence-corrected chi connectivity index (χ2v) is 3.13. The van der Waals surface area contributed by atoms with E-state index in [-0.39, 0.29) is 17.8 Å². The Kier molecular flexibility index (Phi) is 1.81. The zero-order valence-corrected chi connectivity index (χ0v) is 7.23. The molecule has 0 aliphatic carbocycles. The van der Waals surface area contributed by atoms with Crippen LogP contribution in [0.15, 0.2) is 10.8 Å². The zero-order valence-electron chi connectivity index (χ0n) is 7.23. The van der Waals surface area contributed by atoms with Crippen LogP contribution in [-0.4, -0.2) is 40.1 Å². The first-order valence-electron chi connectivity index (χ1n) is 4.06. The van der Waals surface area contributed by atoms with Gasteiger partial charge in [-0.3, -0.25) is 4.79 Å². The maximum atomic E-state index is 11.5. The van der Waals surface area contributed by atoms with Crippen LogP contribution in [0.2, 0.25) is 0 Å². The van der Waals surface area contributed by atoms with E-state index in [2.05, 4.69) is 4.98 Å². The minimum Gasteiger partial charge on any atom is -0.438 e. The summed E-state index contributed by atoms with van der Waals surface area (Å²) in [5.74, 6) is 0.0761. The topological polar surface area (TPSA) is 66.6 Å². The van der Waals surface area contributed by atoms with Crippen LogP contribution in [0.3, 0.4) is 0 Å². The van der Waals surface area contributed by atoms with Gasteiger partial charge in [0.2, 0.25) is 5.76 Å². The number of aromatic nitrogens is 1. The molecule has 2 rings (SSSR count). The number of oxazole rings is 1. The van der Waals surface area contributed by atoms with Gasteiger partial charge in [0.05, 0.1) is 11.8 Å². The fourth-order valence-electron chi connectivity index (χ4n) is 1.27. The highest BCUT2D eigenvalue weighted by atomic mass is 16.4. The Labute approximate surface area is 75.0 Å². The summed E-state index contributed by atoms with van der Waals surface area (Å²) in [6, 6.07) is 0. The van der Waals surface area contributed by atoms with Gasteiger partial charge >= 0.3 is 0 Å². The lowest BCUT2D eigenvalue weighted by molar-refractivity contribution is 0.00385. The van der Waals surface area contributed by atoms with Crippen molar-refractivity contribution < 1.29 is 14.3 Å². The van der Waals surface area contributed by atoms with Crippen molar-refractivity contribution in [3.63, 3.8) is 0 Å². The minimum absolute atomic E-state index is 0.194. The number of aliphatic hydroxyl groups is 1. The van der Waals surface area contributed by atoms with Crippen LogP contribution in [-0.2, 0) is 0 Å². The molecule has 1 aliphatic heterocycles. The Morgan fingerprint density at radius 1 is 1.77 bits per heavy atom. The third-order valence-electron chi connectivity index (χ3n) is 2.09. The molecule has 0 atom stereocenters. The molecule has 1 aromatic rings. The zero-order chi connectivity index (χ0) is 9.42. The number of hydrogen-bond donors (Lipinski definition) is 1. The number of carbonyl (C=O) groups is 1. The monoisotopic (exact) mass is 182 g/mol. The van der Waals surface area contributed by atoms with Crippen molar-refractivity contribution in [1.29, 1.82) is 0 Å². The van der Waals surface area contributed by atoms with Crippen molar-refractivity contribution in [1.82, 2.24) is 9.88 Å². The number of aryl methyl sites for hydroxylation is 1. The Morgan fingerprint density at radius 3 is 2.92 bits per heavy atom. The van der Waals surface area contributed by atoms with Crippen molar-refractivity contribution in [3.8, 4) is 0 Å². The Hall–Kier alpha value is -1.36. The number of amides is 1. The predicted octanol–water partition coefficient (Wildman–Crippen LogP) is -0.200. The molecule has 2 heterocycles. The Bertz CT molecular complexity index is 328. The quantitative estimate of drug-likeness (QED) is 0.653. The highest BCUT2D eigenvalue weighted by Gasteiger charge is 2.31. The number of carbonyl (C=O) groups excluding carboxylic acids is 1. The average molecular weight is 182 g/mol. The minimum atomic E-state index is -0.382. The van der Waals surface area contributed by atoms with E-state index in [1.54, 1.807) is 6.92 Å². The second kappa shape index (κ2) is 2.85. The molecule has 1 N–H and O–H groups in total. The SMILES string of the molecule is Cc1ncoc1C(=O)N1CC(O)C1. The third kappa shape index (κ3) is 1.31. The molecule has 0 bridgehead atoms. The molecule has 1 fully saturated rings. The molecule has 1 amide bonds. The van der Waals surface area contributed by atoms with Crippen molar-refractivity contribution in [2.75, 3.05) is 13.1 Å². The van der Waals surface area contributed by atoms with Gasteiger partial charge in [0.15, 0.2) is 6.39 Å². The Morgan fingerprint density at radius 2 is 2.46 bits per heavy atom. The third-order valence-corrected chi connectivity index (χ3v) is 2.09. The van der Waals surface area contributed by atoms with Crippen LogP contribution in [0.25, 0.3) is 0 Å². The maximum Gasteiger partial charge on any atom is 0.291 e. The molecule has 0 saturated carbocycles. The van der Waals surface area contributed by atoms with Gasteiger partial charge in [-0.25, -0.2) is 4.98 Å². The summed E-state index contributed by atoms with van der Waals surface area (Å²) in [5, 5.41) is 8.99. The molecule has 1 saturated heterocycles. The van der Waals surface area contributed by atoms with E-state index in [0.29, 0.717) is 18.8 Å². The summed E-state index contributed by atoms with van der Waals surface area (Å²) < 4.78 is 4.93. The molecule has 0 spiro atoms. The van der Waals surface area contributed by atoms with Crippen LogP contribution < -0.4 is 0 Å². The van der Waals surface area contributed by atoms with E-state index in [0.717, 1.165) is 0 Å². The van der Waals surface area contributed by atoms with Gasteiger partial charge in [0.25, 0.3) is 5.91 Å². The van der Waals surface area contributed by atoms with Crippen molar-refractivity contribution >= 4 is 5.91 Å². The molecule has 0 unspecified atom stereocenters. The molecular formula is C8H10N2O3. The number of rotatable bonds is 1. The number of likely N-dealkylation sites (tertiary alicyclic amines) is 1. The molecule has 5 heteroatoms. The number of hydrogen-bond acceptors (Lipinski definition) is 4. The van der Waals surface area contributed by atoms with E-state index in [1.807, 2.05) is 0 Å². The van der Waals surface area contributed by atoms with Crippen LogP contribution in [0.5, 0.6) is 0 Å². The average Bonchev–Trinajstić information content (AvgIpc) is 2.44. The fraction of sp³-hybridized carbons (Fsp3) is 0.500. The number of nitrogens with zero attached hydrogens (tertiary/aromatic N) is 2. The highest BCUT2D eigenvalue weighted by molar-refractivity contribution is 5.92. The van der Waals surface area contributed by atoms with E-state index in [1.165, 1.54) is 11.3 Å². The van der Waals surface area contributed by atoms with Gasteiger partial charge in [0.1, 0.15) is 0 Å². The second-order valence-electron chi connectivity index (χ2n) is 3.13. The van der Waals surface area contributed by atoms with Gasteiger partial charge in [-0.2, -0.15) is 0 Å². The molecule has 13 heavy (non-hydrogen) atoms. The summed E-state index contributed by atoms with van der Waals surface area (Å²) in [6.45, 7) is 2.49. The lowest BCUT2D eigenvalue weighted by atomic mass is 10.1. The smallest absolute Gasteiger partial charge is 0.291 e. The first-order valence-corrected chi connectivity index (χ1v) is 4.06. The number of β-amino-alcohol motifs (C(OH)–C–C–N with tert-alkyl or cyclic N) is 1. The van der Waals surface area contributed by atoms with Gasteiger partial charge in [-0.05, 0) is 6.92 Å². The summed E-state index contributed by atoms with van der Waals surface area (Å²) in [5.41, 5.74) is 0.589. The van der Waals surface area contributed by atoms with Crippen molar-refractivity contribution in [2.24, 2.45) is 0 Å². The van der Waals surface area contributed by atoms with E-state index in [4.69, 9.17) is 9.52 Å². The van der Waals surface area contributed by atoms with Crippen molar-refractivity contribution in [2.45, 2.75) is 13.0 Å². The Balaban J connectivity index is 2.10.